The van der Waals surface area contributed by atoms with E-state index in [1.54, 1.807) is 14.2 Å². The number of methoxy groups -OCH3 is 2. The van der Waals surface area contributed by atoms with Gasteiger partial charge in [0.05, 0.1) is 19.1 Å². The number of aromatic nitrogens is 1. The van der Waals surface area contributed by atoms with Crippen LogP contribution in [0.5, 0.6) is 17.2 Å². The first-order valence-electron chi connectivity index (χ1n) is 7.98. The van der Waals surface area contributed by atoms with Crippen molar-refractivity contribution in [3.63, 3.8) is 0 Å². The second kappa shape index (κ2) is 6.40. The van der Waals surface area contributed by atoms with Gasteiger partial charge in [0.25, 0.3) is 0 Å². The molecule has 7 heteroatoms. The summed E-state index contributed by atoms with van der Waals surface area (Å²) in [5, 5.41) is 14.4. The molecule has 6 nitrogen and oxygen atoms in total. The number of ether oxygens (including phenoxy) is 2. The fourth-order valence-electron chi connectivity index (χ4n) is 3.17. The molecule has 0 radical (unpaired) electrons. The molecule has 1 aliphatic rings. The molecule has 0 unspecified atom stereocenters. The summed E-state index contributed by atoms with van der Waals surface area (Å²) in [7, 11) is 3.22. The molecule has 130 valence electrons. The molecule has 0 saturated carbocycles. The summed E-state index contributed by atoms with van der Waals surface area (Å²) in [4.78, 5) is 0.997. The highest BCUT2D eigenvalue weighted by Crippen LogP contribution is 2.40. The van der Waals surface area contributed by atoms with Crippen LogP contribution in [-0.2, 0) is 12.8 Å². The molecule has 2 N–H and O–H groups in total. The first-order valence-corrected chi connectivity index (χ1v) is 8.80. The Morgan fingerprint density at radius 3 is 2.60 bits per heavy atom. The van der Waals surface area contributed by atoms with Gasteiger partial charge in [0, 0.05) is 12.1 Å². The molecular weight excluding hydrogens is 340 g/mol. The number of rotatable bonds is 5. The molecule has 3 aromatic rings. The van der Waals surface area contributed by atoms with Crippen molar-refractivity contribution in [2.45, 2.75) is 24.2 Å². The minimum atomic E-state index is 0.0694. The van der Waals surface area contributed by atoms with Gasteiger partial charge in [-0.05, 0) is 54.5 Å². The first-order chi connectivity index (χ1) is 12.2. The van der Waals surface area contributed by atoms with Crippen LogP contribution in [0.25, 0.3) is 11.0 Å². The van der Waals surface area contributed by atoms with Crippen LogP contribution in [0.3, 0.4) is 0 Å². The maximum Gasteiger partial charge on any atom is 0.191 e. The monoisotopic (exact) mass is 358 g/mol. The SMILES string of the molecule is COc1cc2c(cc1SNc1noc3cc(O)cc(OC)c13)CCC2. The quantitative estimate of drug-likeness (QED) is 0.663. The summed E-state index contributed by atoms with van der Waals surface area (Å²) < 4.78 is 19.4. The third kappa shape index (κ3) is 2.84. The summed E-state index contributed by atoms with van der Waals surface area (Å²) in [5.41, 5.74) is 3.20. The zero-order valence-corrected chi connectivity index (χ0v) is 14.8. The second-order valence-electron chi connectivity index (χ2n) is 5.88. The lowest BCUT2D eigenvalue weighted by molar-refractivity contribution is 0.404. The van der Waals surface area contributed by atoms with Crippen LogP contribution in [0.2, 0.25) is 0 Å². The molecule has 0 atom stereocenters. The largest absolute Gasteiger partial charge is 0.508 e. The fourth-order valence-corrected chi connectivity index (χ4v) is 3.96. The summed E-state index contributed by atoms with van der Waals surface area (Å²) in [6, 6.07) is 7.33. The van der Waals surface area contributed by atoms with Crippen molar-refractivity contribution in [1.82, 2.24) is 5.16 Å². The van der Waals surface area contributed by atoms with Crippen LogP contribution in [0.4, 0.5) is 5.82 Å². The van der Waals surface area contributed by atoms with Crippen molar-refractivity contribution >= 4 is 28.7 Å². The summed E-state index contributed by atoms with van der Waals surface area (Å²) in [6.45, 7) is 0. The van der Waals surface area contributed by atoms with Crippen molar-refractivity contribution in [2.75, 3.05) is 18.9 Å². The van der Waals surface area contributed by atoms with Gasteiger partial charge >= 0.3 is 0 Å². The van der Waals surface area contributed by atoms with Crippen molar-refractivity contribution < 1.29 is 19.1 Å². The molecule has 1 heterocycles. The number of hydrogen-bond donors (Lipinski definition) is 2. The van der Waals surface area contributed by atoms with Gasteiger partial charge in [-0.25, -0.2) is 0 Å². The van der Waals surface area contributed by atoms with Crippen molar-refractivity contribution in [2.24, 2.45) is 0 Å². The summed E-state index contributed by atoms with van der Waals surface area (Å²) in [6.07, 6.45) is 3.40. The van der Waals surface area contributed by atoms with E-state index in [9.17, 15) is 5.11 Å². The van der Waals surface area contributed by atoms with Crippen LogP contribution in [0.15, 0.2) is 33.7 Å². The van der Waals surface area contributed by atoms with Crippen LogP contribution >= 0.6 is 11.9 Å². The van der Waals surface area contributed by atoms with E-state index in [1.165, 1.54) is 41.6 Å². The Morgan fingerprint density at radius 2 is 1.84 bits per heavy atom. The van der Waals surface area contributed by atoms with Gasteiger partial charge in [-0.1, -0.05) is 5.16 Å². The van der Waals surface area contributed by atoms with Gasteiger partial charge in [-0.2, -0.15) is 0 Å². The van der Waals surface area contributed by atoms with E-state index in [4.69, 9.17) is 14.0 Å². The molecule has 1 aromatic heterocycles. The molecule has 0 saturated heterocycles. The summed E-state index contributed by atoms with van der Waals surface area (Å²) >= 11 is 1.42. The molecule has 0 amide bonds. The van der Waals surface area contributed by atoms with Crippen molar-refractivity contribution in [1.29, 1.82) is 0 Å². The second-order valence-corrected chi connectivity index (χ2v) is 6.73. The zero-order chi connectivity index (χ0) is 17.4. The molecule has 0 aliphatic heterocycles. The zero-order valence-electron chi connectivity index (χ0n) is 14.0. The summed E-state index contributed by atoms with van der Waals surface area (Å²) in [5.74, 6) is 1.95. The van der Waals surface area contributed by atoms with Gasteiger partial charge < -0.3 is 23.8 Å². The van der Waals surface area contributed by atoms with E-state index >= 15 is 0 Å². The van der Waals surface area contributed by atoms with Crippen LogP contribution in [0, 0.1) is 0 Å². The van der Waals surface area contributed by atoms with E-state index in [2.05, 4.69) is 22.0 Å². The van der Waals surface area contributed by atoms with E-state index < -0.39 is 0 Å². The Balaban J connectivity index is 1.65. The molecular formula is C18H18N2O4S. The number of benzene rings is 2. The normalized spacial score (nSPS) is 13.0. The molecule has 1 aliphatic carbocycles. The molecule has 0 bridgehead atoms. The van der Waals surface area contributed by atoms with E-state index in [-0.39, 0.29) is 5.75 Å². The molecule has 0 spiro atoms. The number of hydrogen-bond acceptors (Lipinski definition) is 7. The van der Waals surface area contributed by atoms with Gasteiger partial charge in [0.2, 0.25) is 0 Å². The number of phenolic OH excluding ortho intramolecular Hbond substituents is 1. The molecule has 0 fully saturated rings. The Kier molecular flexibility index (Phi) is 4.09. The number of phenols is 1. The number of aryl methyl sites for hydroxylation is 2. The molecule has 2 aromatic carbocycles. The third-order valence-corrected chi connectivity index (χ3v) is 5.21. The number of aromatic hydroxyl groups is 1. The van der Waals surface area contributed by atoms with Gasteiger partial charge in [0.15, 0.2) is 11.4 Å². The first kappa shape index (κ1) is 16.0. The lowest BCUT2D eigenvalue weighted by Crippen LogP contribution is -1.94. The predicted molar refractivity (Wildman–Crippen MR) is 96.7 cm³/mol. The fraction of sp³-hybridized carbons (Fsp3) is 0.278. The highest BCUT2D eigenvalue weighted by molar-refractivity contribution is 8.00. The maximum absolute atomic E-state index is 9.71. The lowest BCUT2D eigenvalue weighted by Gasteiger charge is -2.11. The Labute approximate surface area is 149 Å². The molecule has 25 heavy (non-hydrogen) atoms. The predicted octanol–water partition coefficient (Wildman–Crippen LogP) is 4.16. The minimum absolute atomic E-state index is 0.0694. The Hall–Kier alpha value is -2.54. The highest BCUT2D eigenvalue weighted by atomic mass is 32.2. The smallest absolute Gasteiger partial charge is 0.191 e. The third-order valence-electron chi connectivity index (χ3n) is 4.38. The standard InChI is InChI=1S/C18H18N2O4S/c1-22-13-6-10-4-3-5-11(10)7-16(13)25-20-18-17-14(23-2)8-12(21)9-15(17)24-19-18/h6-9,21H,3-5H2,1-2H3,(H,19,20). The highest BCUT2D eigenvalue weighted by Gasteiger charge is 2.18. The average Bonchev–Trinajstić information content (AvgIpc) is 3.24. The van der Waals surface area contributed by atoms with E-state index in [0.29, 0.717) is 22.5 Å². The topological polar surface area (TPSA) is 76.8 Å². The number of nitrogens with zero attached hydrogens (tertiary/aromatic N) is 1. The number of fused-ring (bicyclic) bond motifs is 2. The lowest BCUT2D eigenvalue weighted by atomic mass is 10.1. The van der Waals surface area contributed by atoms with Gasteiger partial charge in [-0.3, -0.25) is 0 Å². The molecule has 4 rings (SSSR count). The number of nitrogens with one attached hydrogen (secondary N) is 1. The average molecular weight is 358 g/mol. The van der Waals surface area contributed by atoms with Crippen LogP contribution in [-0.4, -0.2) is 24.5 Å². The van der Waals surface area contributed by atoms with Gasteiger partial charge in [0.1, 0.15) is 22.6 Å². The van der Waals surface area contributed by atoms with Crippen molar-refractivity contribution in [3.05, 3.63) is 35.4 Å². The van der Waals surface area contributed by atoms with E-state index in [0.717, 1.165) is 23.5 Å². The van der Waals surface area contributed by atoms with Gasteiger partial charge in [-0.15, -0.1) is 0 Å². The Bertz CT molecular complexity index is 938. The minimum Gasteiger partial charge on any atom is -0.508 e. The van der Waals surface area contributed by atoms with E-state index in [1.807, 2.05) is 0 Å². The number of anilines is 1. The Morgan fingerprint density at radius 1 is 1.08 bits per heavy atom. The van der Waals surface area contributed by atoms with Crippen LogP contribution in [0.1, 0.15) is 17.5 Å². The maximum atomic E-state index is 9.71. The van der Waals surface area contributed by atoms with Crippen molar-refractivity contribution in [3.8, 4) is 17.2 Å². The van der Waals surface area contributed by atoms with Crippen LogP contribution < -0.4 is 14.2 Å².